The summed E-state index contributed by atoms with van der Waals surface area (Å²) in [6.07, 6.45) is 9.81. The quantitative estimate of drug-likeness (QED) is 0.114. The van der Waals surface area contributed by atoms with E-state index in [2.05, 4.69) is 15.7 Å². The third-order valence-electron chi connectivity index (χ3n) is 10.3. The number of amides is 3. The number of hydrogen-bond donors (Lipinski definition) is 3. The zero-order valence-corrected chi connectivity index (χ0v) is 35.4. The molecule has 3 heterocycles. The van der Waals surface area contributed by atoms with Gasteiger partial charge in [0.15, 0.2) is 4.08 Å². The normalized spacial score (nSPS) is 18.8. The summed E-state index contributed by atoms with van der Waals surface area (Å²) in [5, 5.41) is 14.3. The van der Waals surface area contributed by atoms with Crippen LogP contribution in [0.1, 0.15) is 91.0 Å². The van der Waals surface area contributed by atoms with Crippen molar-refractivity contribution in [2.45, 2.75) is 125 Å². The molecule has 1 saturated carbocycles. The fourth-order valence-electron chi connectivity index (χ4n) is 7.58. The molecule has 5 rings (SSSR count). The molecule has 2 fully saturated rings. The average molecular weight is 828 g/mol. The summed E-state index contributed by atoms with van der Waals surface area (Å²) in [5.74, 6) is -0.836. The molecule has 1 unspecified atom stereocenters. The molecule has 3 aliphatic rings. The van der Waals surface area contributed by atoms with Crippen LogP contribution in [0.15, 0.2) is 53.7 Å². The third-order valence-corrected chi connectivity index (χ3v) is 14.8. The predicted octanol–water partition coefficient (Wildman–Crippen LogP) is 6.33. The lowest BCUT2D eigenvalue weighted by Gasteiger charge is -2.45. The number of benzene rings is 1. The number of carboxylic acids is 1. The van der Waals surface area contributed by atoms with Gasteiger partial charge in [-0.05, 0) is 68.1 Å². The molecule has 2 aromatic rings. The Bertz CT molecular complexity index is 1650. The van der Waals surface area contributed by atoms with Gasteiger partial charge in [0.2, 0.25) is 17.7 Å². The van der Waals surface area contributed by atoms with Crippen molar-refractivity contribution in [3.63, 3.8) is 0 Å². The van der Waals surface area contributed by atoms with Crippen molar-refractivity contribution < 1.29 is 33.8 Å². The van der Waals surface area contributed by atoms with E-state index in [4.69, 9.17) is 4.74 Å². The van der Waals surface area contributed by atoms with Crippen molar-refractivity contribution in [3.8, 4) is 0 Å². The van der Waals surface area contributed by atoms with Gasteiger partial charge in [0.25, 0.3) is 0 Å². The van der Waals surface area contributed by atoms with Crippen LogP contribution in [-0.2, 0) is 35.1 Å². The number of hydrogen-bond acceptors (Lipinski definition) is 11. The van der Waals surface area contributed by atoms with Gasteiger partial charge in [-0.25, -0.2) is 15.0 Å². The van der Waals surface area contributed by atoms with Gasteiger partial charge in [0, 0.05) is 30.5 Å². The number of nitrogens with zero attached hydrogens (tertiary/aromatic N) is 3. The van der Waals surface area contributed by atoms with Gasteiger partial charge in [-0.2, -0.15) is 0 Å². The second-order valence-electron chi connectivity index (χ2n) is 15.5. The number of thioether (sulfide) groups is 3. The molecule has 0 bridgehead atoms. The van der Waals surface area contributed by atoms with Crippen LogP contribution in [0.3, 0.4) is 0 Å². The predicted molar refractivity (Wildman–Crippen MR) is 223 cm³/mol. The maximum absolute atomic E-state index is 15.0. The number of esters is 1. The molecule has 12 nitrogen and oxygen atoms in total. The van der Waals surface area contributed by atoms with Crippen LogP contribution in [0.2, 0.25) is 0 Å². The van der Waals surface area contributed by atoms with Crippen molar-refractivity contribution in [1.29, 1.82) is 0 Å². The molecule has 1 aliphatic carbocycles. The summed E-state index contributed by atoms with van der Waals surface area (Å²) in [5.41, 5.74) is 4.93. The summed E-state index contributed by atoms with van der Waals surface area (Å²) >= 11 is 4.49. The van der Waals surface area contributed by atoms with Crippen LogP contribution in [0, 0.1) is 11.8 Å². The first-order valence-electron chi connectivity index (χ1n) is 19.9. The van der Waals surface area contributed by atoms with E-state index in [1.807, 2.05) is 64.1 Å². The Hall–Kier alpha value is -3.27. The Labute approximate surface area is 343 Å². The van der Waals surface area contributed by atoms with Crippen LogP contribution in [0.4, 0.5) is 5.69 Å². The van der Waals surface area contributed by atoms with E-state index in [1.165, 1.54) is 40.3 Å². The first kappa shape index (κ1) is 43.8. The first-order valence-corrected chi connectivity index (χ1v) is 22.8. The molecular formula is C41H57N5O7S3. The van der Waals surface area contributed by atoms with E-state index in [1.54, 1.807) is 17.3 Å². The number of carbonyl (C=O) groups is 5. The summed E-state index contributed by atoms with van der Waals surface area (Å²) in [6, 6.07) is 8.15. The number of hydrazine groups is 1. The smallest absolute Gasteiger partial charge is 0.334 e. The van der Waals surface area contributed by atoms with Crippen LogP contribution < -0.4 is 15.6 Å². The largest absolute Gasteiger partial charge is 0.480 e. The molecule has 1 aromatic heterocycles. The van der Waals surface area contributed by atoms with Gasteiger partial charge in [0.1, 0.15) is 12.1 Å². The lowest BCUT2D eigenvalue weighted by molar-refractivity contribution is -0.152. The Morgan fingerprint density at radius 1 is 1.02 bits per heavy atom. The minimum Gasteiger partial charge on any atom is -0.480 e. The number of aliphatic carboxylic acids is 1. The number of pyridine rings is 1. The Balaban J connectivity index is 1.58. The number of aromatic nitrogens is 1. The molecule has 1 aromatic carbocycles. The van der Waals surface area contributed by atoms with E-state index >= 15 is 0 Å². The fraction of sp³-hybridized carbons (Fsp3) is 0.610. The molecule has 2 aliphatic heterocycles. The van der Waals surface area contributed by atoms with Crippen molar-refractivity contribution in [2.24, 2.45) is 11.8 Å². The summed E-state index contributed by atoms with van der Waals surface area (Å²) in [6.45, 7) is 7.47. The minimum atomic E-state index is -1.20. The topological polar surface area (TPSA) is 158 Å². The van der Waals surface area contributed by atoms with E-state index in [-0.39, 0.29) is 61.4 Å². The van der Waals surface area contributed by atoms with Gasteiger partial charge in [-0.15, -0.1) is 35.3 Å². The molecule has 1 saturated heterocycles. The lowest BCUT2D eigenvalue weighted by atomic mass is 9.84. The maximum Gasteiger partial charge on any atom is 0.334 e. The molecule has 3 atom stereocenters. The van der Waals surface area contributed by atoms with Crippen LogP contribution in [-0.4, -0.2) is 96.9 Å². The van der Waals surface area contributed by atoms with Crippen LogP contribution in [0.25, 0.3) is 0 Å². The fourth-order valence-corrected chi connectivity index (χ4v) is 11.7. The number of anilines is 1. The van der Waals surface area contributed by atoms with E-state index < -0.39 is 40.0 Å². The summed E-state index contributed by atoms with van der Waals surface area (Å²) in [4.78, 5) is 76.4. The second-order valence-corrected chi connectivity index (χ2v) is 19.5. The van der Waals surface area contributed by atoms with Gasteiger partial charge < -0.3 is 20.1 Å². The minimum absolute atomic E-state index is 0.0236. The Morgan fingerprint density at radius 3 is 2.39 bits per heavy atom. The number of carbonyl (C=O) groups excluding carboxylic acids is 4. The van der Waals surface area contributed by atoms with Crippen molar-refractivity contribution in [1.82, 2.24) is 20.7 Å². The van der Waals surface area contributed by atoms with E-state index in [9.17, 15) is 29.1 Å². The number of nitrogens with one attached hydrogen (secondary N) is 2. The Morgan fingerprint density at radius 2 is 1.73 bits per heavy atom. The number of fused-ring (bicyclic) bond motifs is 1. The van der Waals surface area contributed by atoms with Gasteiger partial charge in [0.05, 0.1) is 29.8 Å². The highest BCUT2D eigenvalue weighted by Crippen LogP contribution is 2.48. The standard InChI is InChI=1S/C41H57N5O7S3/c1-27(2)22-31(39(50)51)43-38(49)32(23-29-12-7-5-8-13-29)46(36(47)17-19-45-33-25-42-18-16-34(33)54-26-37(45)48)44-35(24-30-14-9-6-10-15-30)41(40(52)53-28(3)4)55-20-11-21-56-41/h5,7-8,12-13,16,18,25,27-28,30-32,35,44H,6,9-11,14-15,17,19-24,26H2,1-4H3,(H,43,49)(H,50,51)/t31-,32-,35?/m0/s1. The molecule has 3 amide bonds. The van der Waals surface area contributed by atoms with Crippen LogP contribution in [0.5, 0.6) is 0 Å². The number of carboxylic acid groups (broad SMARTS) is 1. The zero-order chi connectivity index (χ0) is 40.2. The highest BCUT2D eigenvalue weighted by atomic mass is 32.2. The summed E-state index contributed by atoms with van der Waals surface area (Å²) in [7, 11) is 0. The molecule has 0 radical (unpaired) electrons. The van der Waals surface area contributed by atoms with E-state index in [0.717, 1.165) is 60.5 Å². The van der Waals surface area contributed by atoms with Gasteiger partial charge in [-0.3, -0.25) is 24.4 Å². The van der Waals surface area contributed by atoms with Gasteiger partial charge >= 0.3 is 11.9 Å². The van der Waals surface area contributed by atoms with Gasteiger partial charge in [-0.1, -0.05) is 76.3 Å². The van der Waals surface area contributed by atoms with Crippen molar-refractivity contribution in [3.05, 3.63) is 54.4 Å². The number of rotatable bonds is 18. The average Bonchev–Trinajstić information content (AvgIpc) is 3.18. The zero-order valence-electron chi connectivity index (χ0n) is 32.9. The maximum atomic E-state index is 15.0. The molecule has 56 heavy (non-hydrogen) atoms. The monoisotopic (exact) mass is 827 g/mol. The molecule has 306 valence electrons. The van der Waals surface area contributed by atoms with Crippen molar-refractivity contribution in [2.75, 3.05) is 28.7 Å². The first-order chi connectivity index (χ1) is 26.9. The SMILES string of the molecule is CC(C)C[C@H](NC(=O)[C@H](Cc1ccccc1)N(NC(CC1CCCCC1)C1(C(=O)OC(C)C)SCCCS1)C(=O)CCN1C(=O)CSc2ccncc21)C(=O)O. The Kier molecular flexibility index (Phi) is 16.4. The second kappa shape index (κ2) is 20.9. The molecule has 15 heteroatoms. The third kappa shape index (κ3) is 11.7. The van der Waals surface area contributed by atoms with E-state index in [0.29, 0.717) is 12.1 Å². The highest BCUT2D eigenvalue weighted by Gasteiger charge is 2.52. The molecule has 0 spiro atoms. The summed E-state index contributed by atoms with van der Waals surface area (Å²) < 4.78 is 4.86. The number of ether oxygens (including phenoxy) is 1. The lowest BCUT2D eigenvalue weighted by Crippen LogP contribution is -2.65. The highest BCUT2D eigenvalue weighted by molar-refractivity contribution is 8.20. The van der Waals surface area contributed by atoms with Crippen molar-refractivity contribution >= 4 is 70.6 Å². The molecular weight excluding hydrogens is 771 g/mol. The van der Waals surface area contributed by atoms with Crippen LogP contribution >= 0.6 is 35.3 Å². The molecule has 3 N–H and O–H groups in total.